The highest BCUT2D eigenvalue weighted by Crippen LogP contribution is 2.23. The number of hydrogen-bond acceptors (Lipinski definition) is 14. The Morgan fingerprint density at radius 2 is 1.62 bits per heavy atom. The Hall–Kier alpha value is -0.560. The number of nitrogens with two attached hydrogens (primary N) is 5. The minimum atomic E-state index is -1.32. The molecule has 0 bridgehead atoms. The fourth-order valence-electron chi connectivity index (χ4n) is 3.74. The molecule has 190 valence electrons. The van der Waals surface area contributed by atoms with Crippen LogP contribution in [0, 0.1) is 0 Å². The lowest BCUT2D eigenvalue weighted by atomic mass is 9.97. The molecule has 0 aromatic heterocycles. The zero-order valence-electron chi connectivity index (χ0n) is 17.9. The molecule has 2 aliphatic rings. The maximum Gasteiger partial charge on any atom is 0.185 e. The molecule has 2 aliphatic heterocycles. The Balaban J connectivity index is 1.84. The van der Waals surface area contributed by atoms with E-state index >= 15 is 0 Å². The van der Waals surface area contributed by atoms with Crippen LogP contribution >= 0.6 is 0 Å². The van der Waals surface area contributed by atoms with Crippen molar-refractivity contribution in [2.24, 2.45) is 28.7 Å². The normalized spacial score (nSPS) is 41.2. The van der Waals surface area contributed by atoms with Crippen molar-refractivity contribution in [3.05, 3.63) is 0 Å². The molecule has 2 saturated heterocycles. The van der Waals surface area contributed by atoms with Crippen molar-refractivity contribution < 1.29 is 44.5 Å². The third kappa shape index (κ3) is 6.97. The van der Waals surface area contributed by atoms with Gasteiger partial charge in [-0.05, 0) is 12.8 Å². The second-order valence-electron chi connectivity index (χ2n) is 8.38. The van der Waals surface area contributed by atoms with E-state index in [0.29, 0.717) is 0 Å². The molecule has 0 amide bonds. The van der Waals surface area contributed by atoms with Crippen LogP contribution in [0.25, 0.3) is 0 Å². The van der Waals surface area contributed by atoms with Gasteiger partial charge in [-0.2, -0.15) is 0 Å². The first-order chi connectivity index (χ1) is 15.1. The third-order valence-electron chi connectivity index (χ3n) is 5.79. The summed E-state index contributed by atoms with van der Waals surface area (Å²) in [5, 5.41) is 48.9. The highest BCUT2D eigenvalue weighted by Gasteiger charge is 2.43. The van der Waals surface area contributed by atoms with E-state index in [2.05, 4.69) is 0 Å². The second-order valence-corrected chi connectivity index (χ2v) is 8.38. The van der Waals surface area contributed by atoms with Crippen molar-refractivity contribution in [2.45, 2.75) is 86.2 Å². The van der Waals surface area contributed by atoms with Crippen LogP contribution < -0.4 is 28.7 Å². The number of hydrogen-bond donors (Lipinski definition) is 10. The van der Waals surface area contributed by atoms with Crippen molar-refractivity contribution in [3.63, 3.8) is 0 Å². The van der Waals surface area contributed by atoms with Crippen molar-refractivity contribution in [3.8, 4) is 0 Å². The number of ether oxygens (including phenoxy) is 4. The Morgan fingerprint density at radius 1 is 0.969 bits per heavy atom. The number of rotatable bonds is 11. The number of aliphatic hydroxyl groups excluding tert-OH is 5. The molecule has 0 aromatic carbocycles. The molecule has 0 aliphatic carbocycles. The minimum absolute atomic E-state index is 0.0821. The molecule has 5 unspecified atom stereocenters. The fraction of sp³-hybridized carbons (Fsp3) is 1.00. The largest absolute Gasteiger partial charge is 0.394 e. The summed E-state index contributed by atoms with van der Waals surface area (Å²) in [5.41, 5.74) is 29.5. The lowest BCUT2D eigenvalue weighted by Gasteiger charge is -2.41. The predicted octanol–water partition coefficient (Wildman–Crippen LogP) is -6.05. The molecule has 32 heavy (non-hydrogen) atoms. The van der Waals surface area contributed by atoms with E-state index in [1.54, 1.807) is 0 Å². The smallest absolute Gasteiger partial charge is 0.185 e. The van der Waals surface area contributed by atoms with Crippen LogP contribution in [0.1, 0.15) is 12.8 Å². The van der Waals surface area contributed by atoms with Gasteiger partial charge >= 0.3 is 0 Å². The van der Waals surface area contributed by atoms with Gasteiger partial charge in [0, 0.05) is 18.6 Å². The first-order valence-corrected chi connectivity index (χ1v) is 10.7. The highest BCUT2D eigenvalue weighted by atomic mass is 16.7. The fourth-order valence-corrected chi connectivity index (χ4v) is 3.74. The summed E-state index contributed by atoms with van der Waals surface area (Å²) in [6.45, 7) is -0.929. The van der Waals surface area contributed by atoms with Gasteiger partial charge in [-0.1, -0.05) is 0 Å². The van der Waals surface area contributed by atoms with Crippen LogP contribution in [0.4, 0.5) is 0 Å². The van der Waals surface area contributed by atoms with Crippen molar-refractivity contribution in [1.29, 1.82) is 0 Å². The van der Waals surface area contributed by atoms with Crippen molar-refractivity contribution in [1.82, 2.24) is 0 Å². The molecule has 0 saturated carbocycles. The Kier molecular flexibility index (Phi) is 11.1. The van der Waals surface area contributed by atoms with Gasteiger partial charge in [0.1, 0.15) is 18.3 Å². The van der Waals surface area contributed by atoms with Gasteiger partial charge in [-0.15, -0.1) is 0 Å². The molecule has 0 aromatic rings. The maximum absolute atomic E-state index is 10.1. The molecule has 14 heteroatoms. The van der Waals surface area contributed by atoms with Crippen LogP contribution in [0.5, 0.6) is 0 Å². The zero-order chi connectivity index (χ0) is 24.0. The molecule has 14 nitrogen and oxygen atoms in total. The van der Waals surface area contributed by atoms with E-state index in [-0.39, 0.29) is 26.0 Å². The summed E-state index contributed by atoms with van der Waals surface area (Å²) in [6, 6.07) is -3.04. The third-order valence-corrected chi connectivity index (χ3v) is 5.79. The lowest BCUT2D eigenvalue weighted by molar-refractivity contribution is -0.277. The van der Waals surface area contributed by atoms with Gasteiger partial charge in [0.05, 0.1) is 50.2 Å². The summed E-state index contributed by atoms with van der Waals surface area (Å²) in [6.07, 6.45) is -7.57. The molecule has 15 N–H and O–H groups in total. The van der Waals surface area contributed by atoms with Crippen LogP contribution in [0.2, 0.25) is 0 Å². The molecule has 0 spiro atoms. The van der Waals surface area contributed by atoms with Crippen LogP contribution in [-0.4, -0.2) is 125 Å². The quantitative estimate of drug-likeness (QED) is 0.135. The van der Waals surface area contributed by atoms with E-state index in [1.165, 1.54) is 0 Å². The summed E-state index contributed by atoms with van der Waals surface area (Å²) in [4.78, 5) is 0. The molecular weight excluding hydrogens is 430 g/mol. The molecule has 2 rings (SSSR count). The maximum atomic E-state index is 10.1. The van der Waals surface area contributed by atoms with Crippen molar-refractivity contribution >= 4 is 0 Å². The average Bonchev–Trinajstić information content (AvgIpc) is 2.76. The molecular formula is C18H39N5O9. The molecule has 2 heterocycles. The summed E-state index contributed by atoms with van der Waals surface area (Å²) >= 11 is 0. The first kappa shape index (κ1) is 27.7. The number of aliphatic hydroxyl groups is 5. The van der Waals surface area contributed by atoms with E-state index in [1.807, 2.05) is 0 Å². The zero-order valence-corrected chi connectivity index (χ0v) is 17.9. The Morgan fingerprint density at radius 3 is 2.22 bits per heavy atom. The second kappa shape index (κ2) is 12.8. The van der Waals surface area contributed by atoms with Crippen LogP contribution in [-0.2, 0) is 18.9 Å². The summed E-state index contributed by atoms with van der Waals surface area (Å²) in [5.74, 6) is 0. The molecule has 2 fully saturated rings. The SMILES string of the molecule is NCC1O[C@H](O[C@@H](CO)C(N)C[C@@H](N)COC2O[C@H](CO)[C@@H](O)C(N)[C@H]2O)C(N)C[C@@H]1O. The standard InChI is InChI=1S/C18H39N5O9/c19-3-11-10(26)2-9(22)17(30-11)31-12(4-24)8(21)1-7(20)6-29-18-16(28)14(23)15(27)13(5-25)32-18/h7-18,24-28H,1-6,19-23H2/t7-,8?,9?,10+,11?,12+,13-,14?,15-,16-,17-,18?/m1/s1. The van der Waals surface area contributed by atoms with Gasteiger partial charge in [0.2, 0.25) is 0 Å². The first-order valence-electron chi connectivity index (χ1n) is 10.7. The predicted molar refractivity (Wildman–Crippen MR) is 111 cm³/mol. The van der Waals surface area contributed by atoms with Gasteiger partial charge in [-0.25, -0.2) is 0 Å². The van der Waals surface area contributed by atoms with Crippen molar-refractivity contribution in [2.75, 3.05) is 26.4 Å². The van der Waals surface area contributed by atoms with Gasteiger partial charge in [0.25, 0.3) is 0 Å². The lowest BCUT2D eigenvalue weighted by Crippen LogP contribution is -2.63. The van der Waals surface area contributed by atoms with E-state index in [9.17, 15) is 25.5 Å². The van der Waals surface area contributed by atoms with Crippen LogP contribution in [0.15, 0.2) is 0 Å². The Labute approximate surface area is 186 Å². The minimum Gasteiger partial charge on any atom is -0.394 e. The molecule has 0 radical (unpaired) electrons. The van der Waals surface area contributed by atoms with Gasteiger partial charge in [-0.3, -0.25) is 0 Å². The van der Waals surface area contributed by atoms with Gasteiger partial charge in [0.15, 0.2) is 12.6 Å². The Bertz CT molecular complexity index is 551. The highest BCUT2D eigenvalue weighted by molar-refractivity contribution is 4.92. The average molecular weight is 470 g/mol. The van der Waals surface area contributed by atoms with Crippen LogP contribution in [0.3, 0.4) is 0 Å². The monoisotopic (exact) mass is 469 g/mol. The summed E-state index contributed by atoms with van der Waals surface area (Å²) in [7, 11) is 0. The van der Waals surface area contributed by atoms with Gasteiger partial charge < -0.3 is 73.1 Å². The summed E-state index contributed by atoms with van der Waals surface area (Å²) < 4.78 is 22.1. The van der Waals surface area contributed by atoms with E-state index in [4.69, 9.17) is 47.6 Å². The molecule has 12 atom stereocenters. The van der Waals surface area contributed by atoms with E-state index < -0.39 is 86.6 Å². The van der Waals surface area contributed by atoms with E-state index in [0.717, 1.165) is 0 Å². The topological polar surface area (TPSA) is 268 Å².